The van der Waals surface area contributed by atoms with Gasteiger partial charge in [0.25, 0.3) is 0 Å². The van der Waals surface area contributed by atoms with E-state index in [4.69, 9.17) is 0 Å². The van der Waals surface area contributed by atoms with Crippen LogP contribution >= 0.6 is 11.8 Å². The first-order chi connectivity index (χ1) is 6.31. The summed E-state index contributed by atoms with van der Waals surface area (Å²) in [5.74, 6) is 0.815. The number of carbonyl (C=O) groups is 2. The third kappa shape index (κ3) is 2.74. The van der Waals surface area contributed by atoms with Crippen molar-refractivity contribution in [3.63, 3.8) is 0 Å². The van der Waals surface area contributed by atoms with Gasteiger partial charge in [-0.3, -0.25) is 14.5 Å². The van der Waals surface area contributed by atoms with E-state index in [1.165, 1.54) is 4.90 Å². The number of hydrogen-bond acceptors (Lipinski definition) is 3. The highest BCUT2D eigenvalue weighted by Crippen LogP contribution is 2.29. The summed E-state index contributed by atoms with van der Waals surface area (Å²) in [7, 11) is 1.56. The van der Waals surface area contributed by atoms with E-state index in [0.29, 0.717) is 6.42 Å². The van der Waals surface area contributed by atoms with Gasteiger partial charge in [-0.05, 0) is 11.2 Å². The van der Waals surface area contributed by atoms with Gasteiger partial charge in [0, 0.05) is 13.5 Å². The van der Waals surface area contributed by atoms with Crippen LogP contribution in [0.5, 0.6) is 0 Å². The summed E-state index contributed by atoms with van der Waals surface area (Å²) < 4.78 is 0. The van der Waals surface area contributed by atoms with Gasteiger partial charge in [-0.1, -0.05) is 20.8 Å². The average molecular weight is 215 g/mol. The molecule has 0 bridgehead atoms. The van der Waals surface area contributed by atoms with Gasteiger partial charge in [0.15, 0.2) is 0 Å². The Morgan fingerprint density at radius 2 is 2.00 bits per heavy atom. The number of imide groups is 1. The van der Waals surface area contributed by atoms with Crippen LogP contribution in [0.1, 0.15) is 27.2 Å². The Kier molecular flexibility index (Phi) is 3.24. The fourth-order valence-electron chi connectivity index (χ4n) is 1.20. The molecule has 1 heterocycles. The van der Waals surface area contributed by atoms with Crippen molar-refractivity contribution in [1.82, 2.24) is 4.90 Å². The largest absolute Gasteiger partial charge is 0.285 e. The fourth-order valence-corrected chi connectivity index (χ4v) is 2.46. The molecule has 0 radical (unpaired) electrons. The van der Waals surface area contributed by atoms with Crippen molar-refractivity contribution >= 4 is 23.6 Å². The Morgan fingerprint density at radius 1 is 1.43 bits per heavy atom. The zero-order chi connectivity index (χ0) is 10.9. The van der Waals surface area contributed by atoms with Crippen LogP contribution in [0.4, 0.5) is 0 Å². The number of amides is 2. The van der Waals surface area contributed by atoms with Crippen LogP contribution in [-0.2, 0) is 9.59 Å². The molecule has 1 aliphatic rings. The Bertz CT molecular complexity index is 257. The maximum atomic E-state index is 11.5. The van der Waals surface area contributed by atoms with Crippen molar-refractivity contribution in [2.24, 2.45) is 5.41 Å². The second-order valence-electron chi connectivity index (χ2n) is 4.86. The average Bonchev–Trinajstić information content (AvgIpc) is 2.28. The molecule has 0 aromatic heterocycles. The Morgan fingerprint density at radius 3 is 2.36 bits per heavy atom. The van der Waals surface area contributed by atoms with Crippen molar-refractivity contribution in [3.05, 3.63) is 0 Å². The lowest BCUT2D eigenvalue weighted by molar-refractivity contribution is -0.136. The molecule has 3 nitrogen and oxygen atoms in total. The molecule has 0 aromatic rings. The van der Waals surface area contributed by atoms with Gasteiger partial charge in [-0.2, -0.15) is 0 Å². The molecule has 2 amide bonds. The van der Waals surface area contributed by atoms with E-state index in [9.17, 15) is 9.59 Å². The summed E-state index contributed by atoms with van der Waals surface area (Å²) in [5.41, 5.74) is 0.204. The van der Waals surface area contributed by atoms with Crippen molar-refractivity contribution < 1.29 is 9.59 Å². The van der Waals surface area contributed by atoms with E-state index in [2.05, 4.69) is 20.8 Å². The first-order valence-electron chi connectivity index (χ1n) is 4.73. The molecule has 0 N–H and O–H groups in total. The smallest absolute Gasteiger partial charge is 0.242 e. The predicted octanol–water partition coefficient (Wildman–Crippen LogP) is 1.52. The van der Waals surface area contributed by atoms with E-state index in [1.807, 2.05) is 0 Å². The molecule has 80 valence electrons. The van der Waals surface area contributed by atoms with Gasteiger partial charge in [-0.15, -0.1) is 11.8 Å². The van der Waals surface area contributed by atoms with E-state index in [0.717, 1.165) is 5.75 Å². The van der Waals surface area contributed by atoms with Crippen molar-refractivity contribution in [2.45, 2.75) is 32.4 Å². The normalized spacial score (nSPS) is 23.4. The Balaban J connectivity index is 2.48. The van der Waals surface area contributed by atoms with Crippen LogP contribution in [0.2, 0.25) is 0 Å². The van der Waals surface area contributed by atoms with Crippen molar-refractivity contribution in [2.75, 3.05) is 12.8 Å². The van der Waals surface area contributed by atoms with Crippen LogP contribution in [0.3, 0.4) is 0 Å². The quantitative estimate of drug-likeness (QED) is 0.655. The molecule has 0 aromatic carbocycles. The lowest BCUT2D eigenvalue weighted by Gasteiger charge is -2.19. The summed E-state index contributed by atoms with van der Waals surface area (Å²) in [5, 5.41) is -0.147. The Labute approximate surface area is 89.2 Å². The number of nitrogens with zero attached hydrogens (tertiary/aromatic N) is 1. The Hall–Kier alpha value is -0.510. The molecule has 0 aliphatic carbocycles. The van der Waals surface area contributed by atoms with Crippen LogP contribution in [0.15, 0.2) is 0 Å². The highest BCUT2D eigenvalue weighted by molar-refractivity contribution is 8.00. The number of carbonyl (C=O) groups excluding carboxylic acids is 2. The van der Waals surface area contributed by atoms with Crippen molar-refractivity contribution in [1.29, 1.82) is 0 Å². The molecule has 14 heavy (non-hydrogen) atoms. The third-order valence-electron chi connectivity index (χ3n) is 2.06. The van der Waals surface area contributed by atoms with Crippen LogP contribution in [-0.4, -0.2) is 34.8 Å². The van der Waals surface area contributed by atoms with Gasteiger partial charge in [0.2, 0.25) is 11.8 Å². The molecule has 1 unspecified atom stereocenters. The molecular weight excluding hydrogens is 198 g/mol. The highest BCUT2D eigenvalue weighted by atomic mass is 32.2. The minimum atomic E-state index is -0.147. The zero-order valence-electron chi connectivity index (χ0n) is 9.16. The molecule has 0 spiro atoms. The monoisotopic (exact) mass is 215 g/mol. The second kappa shape index (κ2) is 3.93. The molecule has 0 saturated carbocycles. The molecule has 1 fully saturated rings. The minimum Gasteiger partial charge on any atom is -0.285 e. The van der Waals surface area contributed by atoms with Crippen LogP contribution < -0.4 is 0 Å². The lowest BCUT2D eigenvalue weighted by Crippen LogP contribution is -2.27. The molecule has 1 rings (SSSR count). The molecule has 1 aliphatic heterocycles. The fraction of sp³-hybridized carbons (Fsp3) is 0.800. The van der Waals surface area contributed by atoms with Crippen molar-refractivity contribution in [3.8, 4) is 0 Å². The topological polar surface area (TPSA) is 37.4 Å². The SMILES string of the molecule is CN1C(=O)CC(SCC(C)(C)C)C1=O. The molecule has 1 saturated heterocycles. The van der Waals surface area contributed by atoms with Gasteiger partial charge < -0.3 is 0 Å². The molecule has 4 heteroatoms. The lowest BCUT2D eigenvalue weighted by atomic mass is 10.0. The van der Waals surface area contributed by atoms with Crippen LogP contribution in [0, 0.1) is 5.41 Å². The van der Waals surface area contributed by atoms with Gasteiger partial charge >= 0.3 is 0 Å². The van der Waals surface area contributed by atoms with E-state index in [1.54, 1.807) is 18.8 Å². The number of likely N-dealkylation sites (tertiary alicyclic amines) is 1. The maximum Gasteiger partial charge on any atom is 0.242 e. The molecule has 1 atom stereocenters. The molecular formula is C10H17NO2S. The third-order valence-corrected chi connectivity index (χ3v) is 3.86. The first kappa shape index (κ1) is 11.6. The van der Waals surface area contributed by atoms with E-state index < -0.39 is 0 Å². The summed E-state index contributed by atoms with van der Waals surface area (Å²) in [6.45, 7) is 6.39. The highest BCUT2D eigenvalue weighted by Gasteiger charge is 2.36. The zero-order valence-corrected chi connectivity index (χ0v) is 9.98. The maximum absolute atomic E-state index is 11.5. The van der Waals surface area contributed by atoms with Gasteiger partial charge in [0.05, 0.1) is 5.25 Å². The second-order valence-corrected chi connectivity index (χ2v) is 6.05. The van der Waals surface area contributed by atoms with Gasteiger partial charge in [0.1, 0.15) is 0 Å². The summed E-state index contributed by atoms with van der Waals surface area (Å²) in [6.07, 6.45) is 0.371. The van der Waals surface area contributed by atoms with Gasteiger partial charge in [-0.25, -0.2) is 0 Å². The first-order valence-corrected chi connectivity index (χ1v) is 5.78. The minimum absolute atomic E-state index is 0.0377. The van der Waals surface area contributed by atoms with E-state index >= 15 is 0 Å². The summed E-state index contributed by atoms with van der Waals surface area (Å²) >= 11 is 1.59. The van der Waals surface area contributed by atoms with E-state index in [-0.39, 0.29) is 22.5 Å². The standard InChI is InChI=1S/C10H17NO2S/c1-10(2,3)6-14-7-5-8(12)11(4)9(7)13/h7H,5-6H2,1-4H3. The summed E-state index contributed by atoms with van der Waals surface area (Å²) in [4.78, 5) is 24.0. The predicted molar refractivity (Wildman–Crippen MR) is 58.1 cm³/mol. The van der Waals surface area contributed by atoms with Crippen LogP contribution in [0.25, 0.3) is 0 Å². The number of rotatable bonds is 2. The number of hydrogen-bond donors (Lipinski definition) is 0. The number of thioether (sulfide) groups is 1. The summed E-state index contributed by atoms with van der Waals surface area (Å²) in [6, 6.07) is 0.